The molecule has 3 aromatic rings. The highest BCUT2D eigenvalue weighted by Gasteiger charge is 2.41. The Morgan fingerprint density at radius 1 is 1.23 bits per heavy atom. The van der Waals surface area contributed by atoms with Gasteiger partial charge < -0.3 is 9.88 Å². The fourth-order valence-electron chi connectivity index (χ4n) is 5.15. The predicted octanol–water partition coefficient (Wildman–Crippen LogP) is 5.02. The number of carbonyl (C=O) groups is 1. The summed E-state index contributed by atoms with van der Waals surface area (Å²) in [5, 5.41) is 1.06. The second-order valence-corrected chi connectivity index (χ2v) is 11.5. The minimum absolute atomic E-state index is 0.0776. The summed E-state index contributed by atoms with van der Waals surface area (Å²) in [7, 11) is -3.80. The molecule has 2 N–H and O–H groups in total. The highest BCUT2D eigenvalue weighted by molar-refractivity contribution is 7.89. The molecule has 1 fully saturated rings. The van der Waals surface area contributed by atoms with Crippen molar-refractivity contribution in [3.8, 4) is 0 Å². The summed E-state index contributed by atoms with van der Waals surface area (Å²) in [6.07, 6.45) is 4.90. The van der Waals surface area contributed by atoms with E-state index in [1.54, 1.807) is 4.90 Å². The minimum atomic E-state index is -3.80. The molecule has 35 heavy (non-hydrogen) atoms. The maximum atomic E-state index is 15.7. The second kappa shape index (κ2) is 9.56. The molecule has 0 bridgehead atoms. The lowest BCUT2D eigenvalue weighted by molar-refractivity contribution is -0.133. The number of carbonyl (C=O) groups excluding carboxylic acids is 1. The molecule has 186 valence electrons. The second-order valence-electron chi connectivity index (χ2n) is 9.48. The van der Waals surface area contributed by atoms with E-state index < -0.39 is 21.9 Å². The quantitative estimate of drug-likeness (QED) is 0.412. The van der Waals surface area contributed by atoms with E-state index in [2.05, 4.69) is 16.6 Å². The number of para-hydroxylation sites is 1. The first kappa shape index (κ1) is 24.3. The molecule has 0 saturated heterocycles. The van der Waals surface area contributed by atoms with E-state index >= 15 is 4.39 Å². The Morgan fingerprint density at radius 3 is 2.69 bits per heavy atom. The minimum Gasteiger partial charge on any atom is -0.356 e. The number of unbranched alkanes of at least 4 members (excludes halogenated alkanes) is 1. The molecule has 0 spiro atoms. The van der Waals surface area contributed by atoms with Crippen molar-refractivity contribution in [2.24, 2.45) is 0 Å². The normalized spacial score (nSPS) is 20.3. The number of H-pyrrole nitrogens is 1. The van der Waals surface area contributed by atoms with Crippen LogP contribution in [0.1, 0.15) is 61.9 Å². The molecule has 0 radical (unpaired) electrons. The molecular weight excluding hydrogens is 489 g/mol. The Kier molecular flexibility index (Phi) is 6.63. The van der Waals surface area contributed by atoms with Gasteiger partial charge in [0.2, 0.25) is 15.9 Å². The van der Waals surface area contributed by atoms with E-state index in [9.17, 15) is 13.2 Å². The molecule has 9 heteroatoms. The number of alkyl halides is 1. The topological polar surface area (TPSA) is 82.3 Å². The number of aromatic nitrogens is 1. The van der Waals surface area contributed by atoms with Crippen molar-refractivity contribution < 1.29 is 17.6 Å². The summed E-state index contributed by atoms with van der Waals surface area (Å²) in [6.45, 7) is 2.10. The maximum absolute atomic E-state index is 15.7. The van der Waals surface area contributed by atoms with Crippen LogP contribution in [0.4, 0.5) is 4.39 Å². The van der Waals surface area contributed by atoms with E-state index in [0.717, 1.165) is 60.3 Å². The van der Waals surface area contributed by atoms with Crippen molar-refractivity contribution in [2.75, 3.05) is 5.88 Å². The van der Waals surface area contributed by atoms with Crippen LogP contribution in [-0.2, 0) is 21.2 Å². The SMILES string of the molecule is CCCC[C@H]1Cc2c([nH]c3ccccc23)[C@H](c2ccc(S(=O)(=O)NC3CC3)cc2F)N1C(=O)CCl. The third-order valence-corrected chi connectivity index (χ3v) is 8.75. The largest absolute Gasteiger partial charge is 0.356 e. The molecule has 6 nitrogen and oxygen atoms in total. The fraction of sp³-hybridized carbons (Fsp3) is 0.423. The van der Waals surface area contributed by atoms with Crippen LogP contribution in [0.15, 0.2) is 47.4 Å². The zero-order chi connectivity index (χ0) is 24.7. The lowest BCUT2D eigenvalue weighted by atomic mass is 9.86. The molecule has 2 heterocycles. The monoisotopic (exact) mass is 517 g/mol. The van der Waals surface area contributed by atoms with E-state index in [-0.39, 0.29) is 34.3 Å². The van der Waals surface area contributed by atoms with Gasteiger partial charge in [-0.2, -0.15) is 0 Å². The number of nitrogens with zero attached hydrogens (tertiary/aromatic N) is 1. The van der Waals surface area contributed by atoms with Gasteiger partial charge in [-0.25, -0.2) is 17.5 Å². The van der Waals surface area contributed by atoms with Gasteiger partial charge in [-0.3, -0.25) is 4.79 Å². The Balaban J connectivity index is 1.65. The van der Waals surface area contributed by atoms with Crippen LogP contribution in [0.5, 0.6) is 0 Å². The van der Waals surface area contributed by atoms with Crippen molar-refractivity contribution in [3.05, 3.63) is 65.1 Å². The Hall–Kier alpha value is -2.42. The molecule has 0 unspecified atom stereocenters. The van der Waals surface area contributed by atoms with Crippen molar-refractivity contribution in [3.63, 3.8) is 0 Å². The summed E-state index contributed by atoms with van der Waals surface area (Å²) in [6, 6.07) is 10.9. The van der Waals surface area contributed by atoms with E-state index in [1.165, 1.54) is 12.1 Å². The van der Waals surface area contributed by atoms with Crippen molar-refractivity contribution in [1.82, 2.24) is 14.6 Å². The fourth-order valence-corrected chi connectivity index (χ4v) is 6.60. The molecule has 5 rings (SSSR count). The van der Waals surface area contributed by atoms with Crippen LogP contribution in [0.3, 0.4) is 0 Å². The standard InChI is InChI=1S/C26H29ClFN3O3S/c1-2-3-6-17-13-21-19-7-4-5-8-23(19)29-25(21)26(31(17)24(32)15-27)20-12-11-18(14-22(20)28)35(33,34)30-16-9-10-16/h4-5,7-8,11-12,14,16-17,26,29-30H,2-3,6,9-10,13,15H2,1H3/t17-,26-/m0/s1. The number of hydrogen-bond acceptors (Lipinski definition) is 3. The first-order chi connectivity index (χ1) is 16.8. The lowest BCUT2D eigenvalue weighted by Crippen LogP contribution is -2.48. The van der Waals surface area contributed by atoms with Crippen LogP contribution < -0.4 is 4.72 Å². The molecule has 1 aliphatic heterocycles. The zero-order valence-electron chi connectivity index (χ0n) is 19.6. The number of benzene rings is 2. The molecule has 2 atom stereocenters. The Labute approximate surface area is 209 Å². The van der Waals surface area contributed by atoms with Gasteiger partial charge in [0.15, 0.2) is 0 Å². The summed E-state index contributed by atoms with van der Waals surface area (Å²) < 4.78 is 43.6. The zero-order valence-corrected chi connectivity index (χ0v) is 21.1. The van der Waals surface area contributed by atoms with Crippen molar-refractivity contribution in [2.45, 2.75) is 68.5 Å². The van der Waals surface area contributed by atoms with Crippen molar-refractivity contribution >= 4 is 38.4 Å². The maximum Gasteiger partial charge on any atom is 0.240 e. The van der Waals surface area contributed by atoms with Crippen LogP contribution >= 0.6 is 11.6 Å². The first-order valence-electron chi connectivity index (χ1n) is 12.1. The van der Waals surface area contributed by atoms with E-state index in [0.29, 0.717) is 6.42 Å². The van der Waals surface area contributed by atoms with Gasteiger partial charge in [-0.15, -0.1) is 11.6 Å². The van der Waals surface area contributed by atoms with Gasteiger partial charge in [-0.05, 0) is 49.4 Å². The van der Waals surface area contributed by atoms with Gasteiger partial charge in [0, 0.05) is 34.2 Å². The highest BCUT2D eigenvalue weighted by Crippen LogP contribution is 2.43. The number of fused-ring (bicyclic) bond motifs is 3. The van der Waals surface area contributed by atoms with Gasteiger partial charge in [-0.1, -0.05) is 44.0 Å². The molecule has 2 aromatic carbocycles. The summed E-state index contributed by atoms with van der Waals surface area (Å²) in [5.41, 5.74) is 2.99. The van der Waals surface area contributed by atoms with Gasteiger partial charge in [0.1, 0.15) is 17.7 Å². The summed E-state index contributed by atoms with van der Waals surface area (Å²) >= 11 is 6.04. The molecule has 1 aromatic heterocycles. The summed E-state index contributed by atoms with van der Waals surface area (Å²) in [5.74, 6) is -1.15. The molecule has 2 aliphatic rings. The lowest BCUT2D eigenvalue weighted by Gasteiger charge is -2.42. The molecule has 1 amide bonds. The third kappa shape index (κ3) is 4.59. The van der Waals surface area contributed by atoms with Crippen LogP contribution in [0.2, 0.25) is 0 Å². The van der Waals surface area contributed by atoms with Gasteiger partial charge in [0.05, 0.1) is 4.90 Å². The number of hydrogen-bond donors (Lipinski definition) is 2. The smallest absolute Gasteiger partial charge is 0.240 e. The first-order valence-corrected chi connectivity index (χ1v) is 14.1. The number of amides is 1. The average molecular weight is 518 g/mol. The Morgan fingerprint density at radius 2 is 2.00 bits per heavy atom. The molecule has 1 saturated carbocycles. The number of nitrogens with one attached hydrogen (secondary N) is 2. The van der Waals surface area contributed by atoms with Crippen LogP contribution in [0.25, 0.3) is 10.9 Å². The Bertz CT molecular complexity index is 1370. The highest BCUT2D eigenvalue weighted by atomic mass is 35.5. The number of aromatic amines is 1. The molecule has 1 aliphatic carbocycles. The third-order valence-electron chi connectivity index (χ3n) is 7.00. The van der Waals surface area contributed by atoms with E-state index in [1.807, 2.05) is 24.3 Å². The van der Waals surface area contributed by atoms with Crippen molar-refractivity contribution in [1.29, 1.82) is 0 Å². The number of rotatable bonds is 8. The molecular formula is C26H29ClFN3O3S. The van der Waals surface area contributed by atoms with Crippen LogP contribution in [0, 0.1) is 5.82 Å². The number of sulfonamides is 1. The average Bonchev–Trinajstić information content (AvgIpc) is 3.58. The number of halogens is 2. The van der Waals surface area contributed by atoms with Gasteiger partial charge in [0.25, 0.3) is 0 Å². The van der Waals surface area contributed by atoms with Crippen LogP contribution in [-0.4, -0.2) is 42.2 Å². The summed E-state index contributed by atoms with van der Waals surface area (Å²) in [4.78, 5) is 18.2. The van der Waals surface area contributed by atoms with Gasteiger partial charge >= 0.3 is 0 Å². The van der Waals surface area contributed by atoms with E-state index in [4.69, 9.17) is 11.6 Å². The predicted molar refractivity (Wildman–Crippen MR) is 134 cm³/mol.